The number of amides is 1. The number of nitrogens with zero attached hydrogens (tertiary/aromatic N) is 3. The summed E-state index contributed by atoms with van der Waals surface area (Å²) in [5.74, 6) is -1.22. The van der Waals surface area contributed by atoms with E-state index in [4.69, 9.17) is 0 Å². The van der Waals surface area contributed by atoms with Crippen molar-refractivity contribution >= 4 is 29.1 Å². The average molecular weight is 519 g/mol. The molecular formula is C27H17F3N4O2S. The van der Waals surface area contributed by atoms with Gasteiger partial charge in [0, 0.05) is 29.1 Å². The van der Waals surface area contributed by atoms with Crippen molar-refractivity contribution in [3.8, 4) is 17.3 Å². The van der Waals surface area contributed by atoms with Gasteiger partial charge >= 0.3 is 6.18 Å². The minimum Gasteiger partial charge on any atom is -0.325 e. The Kier molecular flexibility index (Phi) is 7.65. The summed E-state index contributed by atoms with van der Waals surface area (Å²) in [6.07, 6.45) is -1.98. The topological polar surface area (TPSA) is 95.7 Å². The van der Waals surface area contributed by atoms with Crippen LogP contribution in [0.15, 0.2) is 90.2 Å². The summed E-state index contributed by atoms with van der Waals surface area (Å²) >= 11 is 0.698. The number of thioether (sulfide) groups is 1. The fourth-order valence-corrected chi connectivity index (χ4v) is 4.28. The maximum Gasteiger partial charge on any atom is 0.417 e. The summed E-state index contributed by atoms with van der Waals surface area (Å²) in [6.45, 7) is 0. The molecule has 37 heavy (non-hydrogen) atoms. The van der Waals surface area contributed by atoms with Crippen molar-refractivity contribution in [2.75, 3.05) is 11.1 Å². The van der Waals surface area contributed by atoms with Gasteiger partial charge in [-0.1, -0.05) is 54.2 Å². The first-order valence-electron chi connectivity index (χ1n) is 10.8. The molecule has 0 radical (unpaired) electrons. The van der Waals surface area contributed by atoms with Gasteiger partial charge < -0.3 is 5.32 Å². The third kappa shape index (κ3) is 6.02. The van der Waals surface area contributed by atoms with Crippen LogP contribution in [0, 0.1) is 11.3 Å². The number of pyridine rings is 2. The van der Waals surface area contributed by atoms with Gasteiger partial charge in [0.15, 0.2) is 5.78 Å². The molecule has 6 nitrogen and oxygen atoms in total. The molecule has 0 aliphatic heterocycles. The van der Waals surface area contributed by atoms with Gasteiger partial charge in [-0.15, -0.1) is 0 Å². The maximum atomic E-state index is 13.7. The van der Waals surface area contributed by atoms with Crippen molar-refractivity contribution in [1.82, 2.24) is 9.97 Å². The highest BCUT2D eigenvalue weighted by atomic mass is 32.2. The van der Waals surface area contributed by atoms with E-state index in [2.05, 4.69) is 15.3 Å². The number of aromatic nitrogens is 2. The normalized spacial score (nSPS) is 11.0. The number of nitriles is 1. The number of ketones is 1. The molecule has 0 saturated carbocycles. The smallest absolute Gasteiger partial charge is 0.325 e. The number of anilines is 1. The standard InChI is InChI=1S/C27H17F3N4O2S/c28-27(29,30)21-13-23(18-9-6-12-32-15-18)34-26(20(21)14-31)37-16-24(35)33-22-11-5-4-10-19(22)25(36)17-7-2-1-3-8-17/h1-13,15H,16H2,(H,33,35). The van der Waals surface area contributed by atoms with E-state index in [1.807, 2.05) is 0 Å². The Bertz CT molecular complexity index is 1490. The van der Waals surface area contributed by atoms with Crippen LogP contribution in [-0.2, 0) is 11.0 Å². The van der Waals surface area contributed by atoms with Crippen LogP contribution in [0.1, 0.15) is 27.0 Å². The molecule has 0 atom stereocenters. The number of rotatable bonds is 7. The second-order valence-electron chi connectivity index (χ2n) is 7.66. The first-order valence-corrected chi connectivity index (χ1v) is 11.8. The quantitative estimate of drug-likeness (QED) is 0.238. The molecule has 2 aromatic heterocycles. The Labute approximate surface area is 214 Å². The van der Waals surface area contributed by atoms with E-state index in [1.165, 1.54) is 12.4 Å². The molecule has 184 valence electrons. The number of hydrogen-bond acceptors (Lipinski definition) is 6. The van der Waals surface area contributed by atoms with Crippen LogP contribution in [0.4, 0.5) is 18.9 Å². The lowest BCUT2D eigenvalue weighted by Crippen LogP contribution is -2.17. The number of alkyl halides is 3. The molecule has 0 bridgehead atoms. The zero-order valence-electron chi connectivity index (χ0n) is 19.0. The van der Waals surface area contributed by atoms with Crippen LogP contribution < -0.4 is 5.32 Å². The number of hydrogen-bond donors (Lipinski definition) is 1. The predicted octanol–water partition coefficient (Wildman–Crippen LogP) is 6.00. The fourth-order valence-electron chi connectivity index (χ4n) is 3.48. The summed E-state index contributed by atoms with van der Waals surface area (Å²) in [5, 5.41) is 11.9. The molecule has 0 fully saturated rings. The highest BCUT2D eigenvalue weighted by Gasteiger charge is 2.36. The lowest BCUT2D eigenvalue weighted by atomic mass is 10.0. The average Bonchev–Trinajstić information content (AvgIpc) is 2.91. The maximum absolute atomic E-state index is 13.7. The highest BCUT2D eigenvalue weighted by Crippen LogP contribution is 2.38. The zero-order chi connectivity index (χ0) is 26.4. The molecule has 0 spiro atoms. The van der Waals surface area contributed by atoms with Gasteiger partial charge in [0.05, 0.1) is 28.3 Å². The number of benzene rings is 2. The van der Waals surface area contributed by atoms with Crippen LogP contribution >= 0.6 is 11.8 Å². The molecule has 10 heteroatoms. The number of halogens is 3. The number of nitrogens with one attached hydrogen (secondary N) is 1. The molecule has 2 aromatic carbocycles. The van der Waals surface area contributed by atoms with E-state index in [-0.39, 0.29) is 33.5 Å². The van der Waals surface area contributed by atoms with E-state index < -0.39 is 23.2 Å². The summed E-state index contributed by atoms with van der Waals surface area (Å²) in [5.41, 5.74) is -0.550. The Morgan fingerprint density at radius 2 is 1.73 bits per heavy atom. The molecule has 0 aliphatic carbocycles. The van der Waals surface area contributed by atoms with Gasteiger partial charge in [-0.05, 0) is 30.3 Å². The molecule has 4 rings (SSSR count). The fraction of sp³-hybridized carbons (Fsp3) is 0.0741. The Balaban J connectivity index is 1.59. The van der Waals surface area contributed by atoms with E-state index in [9.17, 15) is 28.0 Å². The molecule has 1 amide bonds. The van der Waals surface area contributed by atoms with Crippen molar-refractivity contribution in [2.24, 2.45) is 0 Å². The SMILES string of the molecule is N#Cc1c(C(F)(F)F)cc(-c2cccnc2)nc1SCC(=O)Nc1ccccc1C(=O)c1ccccc1. The van der Waals surface area contributed by atoms with Gasteiger partial charge in [-0.2, -0.15) is 18.4 Å². The van der Waals surface area contributed by atoms with E-state index in [0.717, 1.165) is 6.07 Å². The summed E-state index contributed by atoms with van der Waals surface area (Å²) in [7, 11) is 0. The Hall–Kier alpha value is -4.49. The number of carbonyl (C=O) groups excluding carboxylic acids is 2. The van der Waals surface area contributed by atoms with Crippen molar-refractivity contribution in [3.63, 3.8) is 0 Å². The van der Waals surface area contributed by atoms with Crippen LogP contribution in [0.25, 0.3) is 11.3 Å². The monoisotopic (exact) mass is 518 g/mol. The van der Waals surface area contributed by atoms with Crippen LogP contribution in [0.5, 0.6) is 0 Å². The van der Waals surface area contributed by atoms with E-state index in [0.29, 0.717) is 22.9 Å². The van der Waals surface area contributed by atoms with E-state index >= 15 is 0 Å². The summed E-state index contributed by atoms with van der Waals surface area (Å²) < 4.78 is 41.2. The molecule has 0 unspecified atom stereocenters. The Morgan fingerprint density at radius 1 is 1.00 bits per heavy atom. The van der Waals surface area contributed by atoms with E-state index in [1.54, 1.807) is 72.8 Å². The molecule has 0 saturated heterocycles. The number of para-hydroxylation sites is 1. The van der Waals surface area contributed by atoms with Crippen LogP contribution in [0.3, 0.4) is 0 Å². The second kappa shape index (κ2) is 11.1. The molecule has 0 aliphatic rings. The predicted molar refractivity (Wildman–Crippen MR) is 133 cm³/mol. The van der Waals surface area contributed by atoms with Crippen LogP contribution in [-0.4, -0.2) is 27.4 Å². The van der Waals surface area contributed by atoms with Gasteiger partial charge in [-0.25, -0.2) is 4.98 Å². The summed E-state index contributed by atoms with van der Waals surface area (Å²) in [6, 6.07) is 20.4. The largest absolute Gasteiger partial charge is 0.417 e. The third-order valence-electron chi connectivity index (χ3n) is 5.18. The van der Waals surface area contributed by atoms with Crippen molar-refractivity contribution in [3.05, 3.63) is 107 Å². The minimum absolute atomic E-state index is 0.0267. The number of carbonyl (C=O) groups is 2. The first kappa shape index (κ1) is 25.6. The Morgan fingerprint density at radius 3 is 2.41 bits per heavy atom. The molecule has 2 heterocycles. The van der Waals surface area contributed by atoms with Gasteiger partial charge in [-0.3, -0.25) is 14.6 Å². The first-order chi connectivity index (χ1) is 17.8. The lowest BCUT2D eigenvalue weighted by molar-refractivity contribution is -0.138. The van der Waals surface area contributed by atoms with Crippen molar-refractivity contribution < 1.29 is 22.8 Å². The van der Waals surface area contributed by atoms with Gasteiger partial charge in [0.2, 0.25) is 5.91 Å². The zero-order valence-corrected chi connectivity index (χ0v) is 19.8. The molecule has 4 aromatic rings. The van der Waals surface area contributed by atoms with Gasteiger partial charge in [0.1, 0.15) is 11.1 Å². The van der Waals surface area contributed by atoms with Crippen LogP contribution in [0.2, 0.25) is 0 Å². The van der Waals surface area contributed by atoms with Crippen molar-refractivity contribution in [2.45, 2.75) is 11.2 Å². The summed E-state index contributed by atoms with van der Waals surface area (Å²) in [4.78, 5) is 33.8. The highest BCUT2D eigenvalue weighted by molar-refractivity contribution is 8.00. The second-order valence-corrected chi connectivity index (χ2v) is 8.63. The minimum atomic E-state index is -4.81. The van der Waals surface area contributed by atoms with Gasteiger partial charge in [0.25, 0.3) is 0 Å². The van der Waals surface area contributed by atoms with Crippen molar-refractivity contribution in [1.29, 1.82) is 5.26 Å². The third-order valence-corrected chi connectivity index (χ3v) is 6.16. The molecule has 1 N–H and O–H groups in total. The molecular weight excluding hydrogens is 501 g/mol. The lowest BCUT2D eigenvalue weighted by Gasteiger charge is -2.14.